The molecule has 0 aliphatic carbocycles. The summed E-state index contributed by atoms with van der Waals surface area (Å²) >= 11 is 4.00. The van der Waals surface area contributed by atoms with Gasteiger partial charge in [-0.2, -0.15) is 0 Å². The molecule has 0 N–H and O–H groups in total. The number of hydrogen-bond acceptors (Lipinski definition) is 4. The predicted octanol–water partition coefficient (Wildman–Crippen LogP) is -5.46. The molecule has 0 rings (SSSR count). The Morgan fingerprint density at radius 2 is 1.62 bits per heavy atom. The summed E-state index contributed by atoms with van der Waals surface area (Å²) in [5, 5.41) is 8.53. The standard InChI is InChI=1S/3Li.HO4P/c;;;1-4-5(2)3/h;;;1H/q;;+1;/p-1. The third-order valence-electron chi connectivity index (χ3n) is 0.0609. The first-order valence-corrected chi connectivity index (χ1v) is 2.81. The molecule has 1 atom stereocenters. The van der Waals surface area contributed by atoms with Gasteiger partial charge in [0.15, 0.2) is 0 Å². The third-order valence-corrected chi connectivity index (χ3v) is 0.183. The molecule has 32 valence electrons. The van der Waals surface area contributed by atoms with Crippen molar-refractivity contribution in [3.8, 4) is 0 Å². The fourth-order valence-electron chi connectivity index (χ4n) is 0. The average molecular weight is 116 g/mol. The van der Waals surface area contributed by atoms with Gasteiger partial charge in [0.25, 0.3) is 0 Å². The zero-order chi connectivity index (χ0) is 6.28. The van der Waals surface area contributed by atoms with Gasteiger partial charge in [-0.25, -0.2) is 4.67 Å². The van der Waals surface area contributed by atoms with Crippen LogP contribution in [0, 0.1) is 0 Å². The Morgan fingerprint density at radius 3 is 1.62 bits per heavy atom. The van der Waals surface area contributed by atoms with Crippen molar-refractivity contribution in [2.45, 2.75) is 0 Å². The van der Waals surface area contributed by atoms with Gasteiger partial charge < -0.3 is 10.2 Å². The fourth-order valence-corrected chi connectivity index (χ4v) is 0. The van der Waals surface area contributed by atoms with Crippen molar-refractivity contribution in [2.24, 2.45) is 0 Å². The van der Waals surface area contributed by atoms with Crippen LogP contribution in [0.15, 0.2) is 0 Å². The zero-order valence-corrected chi connectivity index (χ0v) is 5.97. The molecule has 0 bridgehead atoms. The molecule has 0 amide bonds. The normalized spacial score (nSPS) is 8.00. The Morgan fingerprint density at radius 1 is 1.50 bits per heavy atom. The molecule has 0 fully saturated rings. The summed E-state index contributed by atoms with van der Waals surface area (Å²) in [6, 6.07) is 0. The quantitative estimate of drug-likeness (QED) is 0.148. The first kappa shape index (κ1) is 16.4. The fraction of sp³-hybridized carbons (Fsp3) is 0. The SMILES string of the molecule is O=[P+]([O-])O[O-].[Li+].[Li][Li]. The minimum absolute atomic E-state index is 0. The Balaban J connectivity index is -0.0000000750. The topological polar surface area (TPSA) is 72.4 Å². The van der Waals surface area contributed by atoms with Crippen molar-refractivity contribution < 1.29 is 38.3 Å². The Labute approximate surface area is 76.8 Å². The molecule has 0 spiro atoms. The van der Waals surface area contributed by atoms with Gasteiger partial charge in [0.1, 0.15) is 0 Å². The van der Waals surface area contributed by atoms with Gasteiger partial charge in [0.2, 0.25) is 0 Å². The molecular weight excluding hydrogens is 116 g/mol. The van der Waals surface area contributed by atoms with Crippen LogP contribution in [0.3, 0.4) is 0 Å². The maximum absolute atomic E-state index is 8.87. The van der Waals surface area contributed by atoms with Gasteiger partial charge in [-0.1, -0.05) is 0 Å². The zero-order valence-electron chi connectivity index (χ0n) is 5.08. The molecule has 1 unspecified atom stereocenters. The van der Waals surface area contributed by atoms with Crippen LogP contribution >= 0.6 is 8.25 Å². The second-order valence-corrected chi connectivity index (χ2v) is 0.894. The van der Waals surface area contributed by atoms with Crippen molar-refractivity contribution in [1.82, 2.24) is 0 Å². The van der Waals surface area contributed by atoms with Gasteiger partial charge in [0, 0.05) is 0 Å². The molecule has 0 aromatic heterocycles. The van der Waals surface area contributed by atoms with Crippen LogP contribution in [0.2, 0.25) is 0 Å². The molecule has 8 heteroatoms. The van der Waals surface area contributed by atoms with Gasteiger partial charge >= 0.3 is 57.9 Å². The predicted molar refractivity (Wildman–Crippen MR) is 20.2 cm³/mol. The van der Waals surface area contributed by atoms with Crippen molar-refractivity contribution in [2.75, 3.05) is 0 Å². The van der Waals surface area contributed by atoms with E-state index in [0.717, 1.165) is 0 Å². The van der Waals surface area contributed by atoms with Crippen molar-refractivity contribution in [3.63, 3.8) is 0 Å². The van der Waals surface area contributed by atoms with Gasteiger partial charge in [0.05, 0.1) is 0 Å². The van der Waals surface area contributed by atoms with E-state index in [2.05, 4.69) is 4.67 Å². The van der Waals surface area contributed by atoms with E-state index in [4.69, 9.17) is 14.7 Å². The summed E-state index contributed by atoms with van der Waals surface area (Å²) < 4.78 is 11.3. The summed E-state index contributed by atoms with van der Waals surface area (Å²) in [7, 11) is -3.15. The van der Waals surface area contributed by atoms with E-state index >= 15 is 0 Å². The van der Waals surface area contributed by atoms with Crippen LogP contribution in [0.4, 0.5) is 0 Å². The first-order valence-electron chi connectivity index (χ1n) is 1.71. The average Bonchev–Trinajstić information content (AvgIpc) is 1.73. The van der Waals surface area contributed by atoms with E-state index in [1.54, 1.807) is 0 Å². The van der Waals surface area contributed by atoms with Crippen molar-refractivity contribution in [1.29, 1.82) is 0 Å². The van der Waals surface area contributed by atoms with Crippen LogP contribution in [0.5, 0.6) is 0 Å². The van der Waals surface area contributed by atoms with E-state index in [1.807, 2.05) is 30.8 Å². The monoisotopic (exact) mass is 116 g/mol. The minimum atomic E-state index is -3.15. The molecule has 0 aliphatic heterocycles. The molecule has 0 aromatic carbocycles. The van der Waals surface area contributed by atoms with Crippen LogP contribution in [-0.2, 0) is 9.24 Å². The van der Waals surface area contributed by atoms with Gasteiger partial charge in [-0.05, 0) is 4.57 Å². The first-order chi connectivity index (χ1) is 3.27. The van der Waals surface area contributed by atoms with E-state index in [0.29, 0.717) is 0 Å². The second kappa shape index (κ2) is 15.9. The van der Waals surface area contributed by atoms with Crippen LogP contribution in [-0.4, -0.2) is 30.8 Å². The van der Waals surface area contributed by atoms with Crippen molar-refractivity contribution in [3.05, 3.63) is 0 Å². The van der Waals surface area contributed by atoms with Gasteiger partial charge in [-0.3, -0.25) is 0 Å². The van der Waals surface area contributed by atoms with Crippen molar-refractivity contribution >= 4 is 39.0 Å². The Hall–Kier alpha value is 1.77. The molecule has 0 aromatic rings. The molecule has 8 heavy (non-hydrogen) atoms. The summed E-state index contributed by atoms with van der Waals surface area (Å²) in [4.78, 5) is 8.87. The maximum atomic E-state index is 8.87. The summed E-state index contributed by atoms with van der Waals surface area (Å²) in [6.45, 7) is 0. The molecule has 0 radical (unpaired) electrons. The molecule has 4 nitrogen and oxygen atoms in total. The molecule has 0 heterocycles. The van der Waals surface area contributed by atoms with Gasteiger partial charge in [-0.15, -0.1) is 0 Å². The van der Waals surface area contributed by atoms with Crippen LogP contribution in [0.25, 0.3) is 0 Å². The van der Waals surface area contributed by atoms with Crippen LogP contribution in [0.1, 0.15) is 0 Å². The molecule has 0 saturated heterocycles. The number of rotatable bonds is 1. The van der Waals surface area contributed by atoms with E-state index in [1.165, 1.54) is 0 Å². The third kappa shape index (κ3) is 25.1. The van der Waals surface area contributed by atoms with E-state index < -0.39 is 8.25 Å². The summed E-state index contributed by atoms with van der Waals surface area (Å²) in [5.41, 5.74) is 0. The molecule has 0 aliphatic rings. The molecule has 0 saturated carbocycles. The second-order valence-electron chi connectivity index (χ2n) is 0.298. The van der Waals surface area contributed by atoms with E-state index in [-0.39, 0.29) is 18.9 Å². The summed E-state index contributed by atoms with van der Waals surface area (Å²) in [6.07, 6.45) is 0. The van der Waals surface area contributed by atoms with Crippen LogP contribution < -0.4 is 29.0 Å². The van der Waals surface area contributed by atoms with E-state index in [9.17, 15) is 0 Å². The summed E-state index contributed by atoms with van der Waals surface area (Å²) in [5.74, 6) is 0. The Kier molecular flexibility index (Phi) is 32.6. The number of hydrogen-bond donors (Lipinski definition) is 0. The molecular formula is Li3O4P. The Bertz CT molecular complexity index is 46.5.